The first-order chi connectivity index (χ1) is 21.1. The summed E-state index contributed by atoms with van der Waals surface area (Å²) in [6, 6.07) is 4.24. The van der Waals surface area contributed by atoms with Crippen LogP contribution in [0.2, 0.25) is 0 Å². The molecular formula is C33H34N6O5. The van der Waals surface area contributed by atoms with Gasteiger partial charge in [0, 0.05) is 42.5 Å². The number of carbonyl (C=O) groups excluding carboxylic acids is 5. The minimum absolute atomic E-state index is 0.0336. The number of nitrogens with one attached hydrogen (secondary N) is 2. The summed E-state index contributed by atoms with van der Waals surface area (Å²) in [4.78, 5) is 67.7. The van der Waals surface area contributed by atoms with Crippen molar-refractivity contribution >= 4 is 35.2 Å². The molecule has 11 rings (SSSR count). The maximum Gasteiger partial charge on any atom is 0.264 e. The van der Waals surface area contributed by atoms with E-state index in [9.17, 15) is 24.0 Å². The molecule has 1 aromatic heterocycles. The van der Waals surface area contributed by atoms with Crippen molar-refractivity contribution < 1.29 is 24.0 Å². The molecule has 8 fully saturated rings. The number of rotatable bonds is 6. The van der Waals surface area contributed by atoms with Gasteiger partial charge in [0.05, 0.1) is 28.8 Å². The van der Waals surface area contributed by atoms with Crippen molar-refractivity contribution in [2.45, 2.75) is 63.7 Å². The number of imide groups is 2. The monoisotopic (exact) mass is 594 g/mol. The molecule has 11 nitrogen and oxygen atoms in total. The van der Waals surface area contributed by atoms with Crippen LogP contribution < -0.4 is 10.6 Å². The third-order valence-corrected chi connectivity index (χ3v) is 13.2. The van der Waals surface area contributed by atoms with Gasteiger partial charge in [-0.1, -0.05) is 6.07 Å². The molecule has 6 saturated carbocycles. The summed E-state index contributed by atoms with van der Waals surface area (Å²) >= 11 is 0. The van der Waals surface area contributed by atoms with Gasteiger partial charge in [-0.05, 0) is 86.7 Å². The molecule has 1 aromatic carbocycles. The molecule has 2 N–H and O–H groups in total. The van der Waals surface area contributed by atoms with Crippen LogP contribution in [0.4, 0.5) is 5.69 Å². The second kappa shape index (κ2) is 7.79. The quantitative estimate of drug-likeness (QED) is 0.490. The van der Waals surface area contributed by atoms with Crippen LogP contribution in [0.5, 0.6) is 0 Å². The van der Waals surface area contributed by atoms with E-state index < -0.39 is 29.7 Å². The van der Waals surface area contributed by atoms with E-state index in [2.05, 4.69) is 34.5 Å². The summed E-state index contributed by atoms with van der Waals surface area (Å²) in [5, 5.41) is 10.2. The number of anilines is 1. The van der Waals surface area contributed by atoms with E-state index in [1.165, 1.54) is 0 Å². The number of benzene rings is 1. The molecule has 6 aliphatic carbocycles. The van der Waals surface area contributed by atoms with Gasteiger partial charge in [-0.15, -0.1) is 0 Å². The summed E-state index contributed by atoms with van der Waals surface area (Å²) < 4.78 is 2.01. The Morgan fingerprint density at radius 2 is 1.77 bits per heavy atom. The number of fused-ring (bicyclic) bond motifs is 1. The van der Waals surface area contributed by atoms with Crippen molar-refractivity contribution in [2.24, 2.45) is 46.8 Å². The molecule has 4 heterocycles. The topological polar surface area (TPSA) is 134 Å². The van der Waals surface area contributed by atoms with Gasteiger partial charge in [0.15, 0.2) is 0 Å². The zero-order valence-electron chi connectivity index (χ0n) is 24.7. The number of piperidine rings is 2. The highest BCUT2D eigenvalue weighted by molar-refractivity contribution is 6.25. The van der Waals surface area contributed by atoms with Crippen molar-refractivity contribution in [2.75, 3.05) is 11.9 Å². The lowest BCUT2D eigenvalue weighted by molar-refractivity contribution is -0.597. The molecule has 2 atom stereocenters. The first kappa shape index (κ1) is 25.3. The Morgan fingerprint density at radius 1 is 1.02 bits per heavy atom. The van der Waals surface area contributed by atoms with Crippen LogP contribution in [-0.4, -0.2) is 67.2 Å². The van der Waals surface area contributed by atoms with Gasteiger partial charge >= 0.3 is 0 Å². The predicted octanol–water partition coefficient (Wildman–Crippen LogP) is 2.21. The van der Waals surface area contributed by atoms with E-state index in [1.807, 2.05) is 17.1 Å². The number of hydrogen-bond acceptors (Lipinski definition) is 7. The highest BCUT2D eigenvalue weighted by Gasteiger charge is 3.06. The summed E-state index contributed by atoms with van der Waals surface area (Å²) in [7, 11) is 0. The lowest BCUT2D eigenvalue weighted by atomic mass is 8.96. The van der Waals surface area contributed by atoms with Crippen molar-refractivity contribution in [1.29, 1.82) is 0 Å². The fourth-order valence-corrected chi connectivity index (χ4v) is 11.6. The van der Waals surface area contributed by atoms with Crippen LogP contribution >= 0.6 is 0 Å². The zero-order valence-corrected chi connectivity index (χ0v) is 24.7. The van der Waals surface area contributed by atoms with E-state index >= 15 is 0 Å². The number of likely N-dealkylation sites (tertiary alicyclic amines) is 1. The smallest absolute Gasteiger partial charge is 0.264 e. The van der Waals surface area contributed by atoms with Crippen LogP contribution in [0.1, 0.15) is 71.9 Å². The Morgan fingerprint density at radius 3 is 2.48 bits per heavy atom. The number of carbonyl (C=O) groups is 5. The molecule has 1 unspecified atom stereocenters. The summed E-state index contributed by atoms with van der Waals surface area (Å²) in [6.07, 6.45) is 5.76. The molecule has 2 saturated heterocycles. The van der Waals surface area contributed by atoms with E-state index in [0.29, 0.717) is 18.1 Å². The SMILES string of the molecule is CC1(C)C[C@H](n2cc(CNc3cccc4c3C(=O)N(C3CCC(=O)NC3=O)C4=O)cn2)CCN1C(=O)C12C3C4C5C3C1C5C42. The molecule has 2 aromatic rings. The second-order valence-electron chi connectivity index (χ2n) is 15.1. The maximum atomic E-state index is 13.9. The first-order valence-electron chi connectivity index (χ1n) is 16.1. The molecule has 0 radical (unpaired) electrons. The largest absolute Gasteiger partial charge is 0.380 e. The molecule has 44 heavy (non-hydrogen) atoms. The van der Waals surface area contributed by atoms with Crippen LogP contribution in [0.3, 0.4) is 0 Å². The number of hydrogen-bond donors (Lipinski definition) is 2. The van der Waals surface area contributed by atoms with Crippen LogP contribution in [-0.2, 0) is 20.9 Å². The van der Waals surface area contributed by atoms with E-state index in [0.717, 1.165) is 71.3 Å². The van der Waals surface area contributed by atoms with Crippen molar-refractivity contribution in [3.63, 3.8) is 0 Å². The molecule has 226 valence electrons. The number of nitrogens with zero attached hydrogens (tertiary/aromatic N) is 4. The Labute approximate surface area is 253 Å². The minimum atomic E-state index is -1.00. The molecule has 0 bridgehead atoms. The maximum absolute atomic E-state index is 13.9. The van der Waals surface area contributed by atoms with Gasteiger partial charge < -0.3 is 10.2 Å². The Balaban J connectivity index is 0.815. The Kier molecular flexibility index (Phi) is 4.48. The number of amides is 5. The van der Waals surface area contributed by atoms with Gasteiger partial charge in [0.2, 0.25) is 17.7 Å². The lowest BCUT2D eigenvalue weighted by Crippen LogP contribution is -3.07. The van der Waals surface area contributed by atoms with Gasteiger partial charge in [-0.25, -0.2) is 0 Å². The highest BCUT2D eigenvalue weighted by Crippen LogP contribution is 3.06. The fourth-order valence-electron chi connectivity index (χ4n) is 11.6. The number of aromatic nitrogens is 2. The van der Waals surface area contributed by atoms with Gasteiger partial charge in [0.1, 0.15) is 6.04 Å². The van der Waals surface area contributed by atoms with Crippen LogP contribution in [0.25, 0.3) is 0 Å². The molecule has 5 amide bonds. The summed E-state index contributed by atoms with van der Waals surface area (Å²) in [6.45, 7) is 5.57. The zero-order chi connectivity index (χ0) is 30.0. The molecule has 9 aliphatic rings. The van der Waals surface area contributed by atoms with E-state index in [4.69, 9.17) is 0 Å². The first-order valence-corrected chi connectivity index (χ1v) is 16.1. The average molecular weight is 595 g/mol. The molecule has 11 heteroatoms. The normalized spacial score (nSPS) is 41.0. The van der Waals surface area contributed by atoms with Gasteiger partial charge in [-0.3, -0.25) is 38.9 Å². The third kappa shape index (κ3) is 2.61. The predicted molar refractivity (Wildman–Crippen MR) is 154 cm³/mol. The van der Waals surface area contributed by atoms with Crippen molar-refractivity contribution in [3.8, 4) is 0 Å². The van der Waals surface area contributed by atoms with Crippen molar-refractivity contribution in [1.82, 2.24) is 24.9 Å². The summed E-state index contributed by atoms with van der Waals surface area (Å²) in [5.74, 6) is 4.22. The Bertz CT molecular complexity index is 1710. The van der Waals surface area contributed by atoms with Crippen molar-refractivity contribution in [3.05, 3.63) is 47.3 Å². The molecular weight excluding hydrogens is 560 g/mol. The average Bonchev–Trinajstić information content (AvgIpc) is 3.58. The molecule has 3 aliphatic heterocycles. The standard InChI is InChI=1S/C33H34N6O5/c1-32(2)10-15(8-9-37(32)31(44)33-25-22-21-23(25)27(33)24(21)26(22)33)38-13-14(12-35-38)11-34-17-5-3-4-16-20(17)30(43)39(29(16)42)18-6-7-19(40)36-28(18)41/h3-5,12-13,15,18,21-27,34H,6-11H2,1-2H3,(H,36,40,41)/t15-,18?,21?,22?,23?,24?,25?,26?,27?,33?/m1/s1. The van der Waals surface area contributed by atoms with E-state index in [-0.39, 0.29) is 41.0 Å². The van der Waals surface area contributed by atoms with Crippen LogP contribution in [0, 0.1) is 46.8 Å². The second-order valence-corrected chi connectivity index (χ2v) is 15.1. The fraction of sp³-hybridized carbons (Fsp3) is 0.576. The van der Waals surface area contributed by atoms with Gasteiger partial charge in [0.25, 0.3) is 11.8 Å². The van der Waals surface area contributed by atoms with Crippen LogP contribution in [0.15, 0.2) is 30.6 Å². The minimum Gasteiger partial charge on any atom is -0.380 e. The molecule has 0 spiro atoms. The lowest BCUT2D eigenvalue weighted by Gasteiger charge is -3.06. The summed E-state index contributed by atoms with van der Waals surface area (Å²) in [5.41, 5.74) is 1.74. The highest BCUT2D eigenvalue weighted by atomic mass is 16.2. The van der Waals surface area contributed by atoms with E-state index in [1.54, 1.807) is 18.2 Å². The van der Waals surface area contributed by atoms with Gasteiger partial charge in [-0.2, -0.15) is 5.10 Å². The Hall–Kier alpha value is -4.02. The third-order valence-electron chi connectivity index (χ3n) is 13.2.